The summed E-state index contributed by atoms with van der Waals surface area (Å²) < 4.78 is 0. The second kappa shape index (κ2) is 7.27. The minimum absolute atomic E-state index is 0.0481. The van der Waals surface area contributed by atoms with E-state index in [0.717, 1.165) is 6.54 Å². The highest BCUT2D eigenvalue weighted by atomic mass is 16.2. The standard InChI is InChI=1S/C12H23N3O2/c1-3-13-11(16)9-15(4-2)12(17)7-8-14-10-5-6-10/h10,14H,3-9H2,1-2H3,(H,13,16). The molecule has 0 aliphatic heterocycles. The van der Waals surface area contributed by atoms with E-state index in [4.69, 9.17) is 0 Å². The van der Waals surface area contributed by atoms with Gasteiger partial charge >= 0.3 is 0 Å². The van der Waals surface area contributed by atoms with Crippen molar-refractivity contribution in [3.63, 3.8) is 0 Å². The number of likely N-dealkylation sites (N-methyl/N-ethyl adjacent to an activating group) is 2. The lowest BCUT2D eigenvalue weighted by molar-refractivity contribution is -0.135. The van der Waals surface area contributed by atoms with Gasteiger partial charge in [0.2, 0.25) is 11.8 Å². The second-order valence-corrected chi connectivity index (χ2v) is 4.34. The van der Waals surface area contributed by atoms with E-state index in [1.54, 1.807) is 4.90 Å². The molecule has 0 heterocycles. The monoisotopic (exact) mass is 241 g/mol. The van der Waals surface area contributed by atoms with E-state index in [1.165, 1.54) is 12.8 Å². The Balaban J connectivity index is 2.21. The molecule has 5 nitrogen and oxygen atoms in total. The van der Waals surface area contributed by atoms with E-state index in [2.05, 4.69) is 10.6 Å². The van der Waals surface area contributed by atoms with Gasteiger partial charge in [0.05, 0.1) is 6.54 Å². The normalized spacial score (nSPS) is 14.5. The summed E-state index contributed by atoms with van der Waals surface area (Å²) in [7, 11) is 0. The molecule has 0 atom stereocenters. The van der Waals surface area contributed by atoms with E-state index in [0.29, 0.717) is 25.6 Å². The van der Waals surface area contributed by atoms with E-state index >= 15 is 0 Å². The minimum Gasteiger partial charge on any atom is -0.355 e. The summed E-state index contributed by atoms with van der Waals surface area (Å²) >= 11 is 0. The van der Waals surface area contributed by atoms with Crippen LogP contribution in [0.25, 0.3) is 0 Å². The van der Waals surface area contributed by atoms with Gasteiger partial charge in [0.15, 0.2) is 0 Å². The topological polar surface area (TPSA) is 61.4 Å². The van der Waals surface area contributed by atoms with Crippen molar-refractivity contribution in [2.45, 2.75) is 39.2 Å². The van der Waals surface area contributed by atoms with Crippen LogP contribution in [0.4, 0.5) is 0 Å². The Bertz CT molecular complexity index is 264. The summed E-state index contributed by atoms with van der Waals surface area (Å²) in [5.74, 6) is -0.0373. The highest BCUT2D eigenvalue weighted by Crippen LogP contribution is 2.18. The molecule has 2 amide bonds. The van der Waals surface area contributed by atoms with Gasteiger partial charge in [-0.15, -0.1) is 0 Å². The van der Waals surface area contributed by atoms with E-state index in [1.807, 2.05) is 13.8 Å². The van der Waals surface area contributed by atoms with Crippen LogP contribution in [-0.2, 0) is 9.59 Å². The van der Waals surface area contributed by atoms with Crippen molar-refractivity contribution in [1.82, 2.24) is 15.5 Å². The van der Waals surface area contributed by atoms with Gasteiger partial charge in [0.1, 0.15) is 0 Å². The van der Waals surface area contributed by atoms with Crippen LogP contribution in [0, 0.1) is 0 Å². The van der Waals surface area contributed by atoms with Gasteiger partial charge in [-0.2, -0.15) is 0 Å². The third-order valence-corrected chi connectivity index (χ3v) is 2.79. The summed E-state index contributed by atoms with van der Waals surface area (Å²) in [6.07, 6.45) is 2.93. The van der Waals surface area contributed by atoms with Crippen molar-refractivity contribution < 1.29 is 9.59 Å². The quantitative estimate of drug-likeness (QED) is 0.634. The smallest absolute Gasteiger partial charge is 0.239 e. The fourth-order valence-electron chi connectivity index (χ4n) is 1.63. The zero-order valence-electron chi connectivity index (χ0n) is 10.8. The Morgan fingerprint density at radius 3 is 2.53 bits per heavy atom. The average molecular weight is 241 g/mol. The van der Waals surface area contributed by atoms with E-state index in [-0.39, 0.29) is 18.4 Å². The molecule has 1 saturated carbocycles. The molecular weight excluding hydrogens is 218 g/mol. The summed E-state index contributed by atoms with van der Waals surface area (Å²) in [5.41, 5.74) is 0. The molecule has 5 heteroatoms. The number of hydrogen-bond donors (Lipinski definition) is 2. The third kappa shape index (κ3) is 5.68. The van der Waals surface area contributed by atoms with Crippen molar-refractivity contribution in [3.05, 3.63) is 0 Å². The first-order chi connectivity index (χ1) is 8.17. The van der Waals surface area contributed by atoms with Crippen LogP contribution < -0.4 is 10.6 Å². The summed E-state index contributed by atoms with van der Waals surface area (Å²) in [4.78, 5) is 24.8. The van der Waals surface area contributed by atoms with Gasteiger partial charge in [0, 0.05) is 32.1 Å². The van der Waals surface area contributed by atoms with Crippen molar-refractivity contribution >= 4 is 11.8 Å². The maximum absolute atomic E-state index is 11.8. The predicted molar refractivity (Wildman–Crippen MR) is 66.6 cm³/mol. The zero-order chi connectivity index (χ0) is 12.7. The van der Waals surface area contributed by atoms with Crippen LogP contribution >= 0.6 is 0 Å². The van der Waals surface area contributed by atoms with Crippen LogP contribution in [0.1, 0.15) is 33.1 Å². The van der Waals surface area contributed by atoms with Gasteiger partial charge in [0.25, 0.3) is 0 Å². The summed E-state index contributed by atoms with van der Waals surface area (Å²) in [6, 6.07) is 0.626. The highest BCUT2D eigenvalue weighted by molar-refractivity contribution is 5.84. The van der Waals surface area contributed by atoms with E-state index < -0.39 is 0 Å². The maximum Gasteiger partial charge on any atom is 0.239 e. The highest BCUT2D eigenvalue weighted by Gasteiger charge is 2.21. The fraction of sp³-hybridized carbons (Fsp3) is 0.833. The number of carbonyl (C=O) groups is 2. The molecule has 0 saturated heterocycles. The average Bonchev–Trinajstić information content (AvgIpc) is 3.10. The Morgan fingerprint density at radius 1 is 1.29 bits per heavy atom. The number of rotatable bonds is 8. The number of amides is 2. The molecule has 1 aliphatic rings. The summed E-state index contributed by atoms with van der Waals surface area (Å²) in [6.45, 7) is 5.84. The first-order valence-electron chi connectivity index (χ1n) is 6.45. The number of carbonyl (C=O) groups excluding carboxylic acids is 2. The van der Waals surface area contributed by atoms with Gasteiger partial charge in [-0.25, -0.2) is 0 Å². The number of hydrogen-bond acceptors (Lipinski definition) is 3. The molecule has 1 rings (SSSR count). The Labute approximate surface area is 103 Å². The van der Waals surface area contributed by atoms with E-state index in [9.17, 15) is 9.59 Å². The molecule has 0 bridgehead atoms. The Hall–Kier alpha value is -1.10. The van der Waals surface area contributed by atoms with Crippen molar-refractivity contribution in [3.8, 4) is 0 Å². The van der Waals surface area contributed by atoms with Crippen molar-refractivity contribution in [1.29, 1.82) is 0 Å². The van der Waals surface area contributed by atoms with Crippen LogP contribution in [0.15, 0.2) is 0 Å². The Kier molecular flexibility index (Phi) is 5.97. The van der Waals surface area contributed by atoms with Crippen LogP contribution in [0.2, 0.25) is 0 Å². The first kappa shape index (κ1) is 14.0. The zero-order valence-corrected chi connectivity index (χ0v) is 10.8. The molecule has 1 aliphatic carbocycles. The SMILES string of the molecule is CCNC(=O)CN(CC)C(=O)CCNC1CC1. The van der Waals surface area contributed by atoms with Crippen LogP contribution in [0.3, 0.4) is 0 Å². The lowest BCUT2D eigenvalue weighted by atomic mass is 10.3. The van der Waals surface area contributed by atoms with Gasteiger partial charge in [-0.05, 0) is 26.7 Å². The van der Waals surface area contributed by atoms with Gasteiger partial charge < -0.3 is 15.5 Å². The number of nitrogens with one attached hydrogen (secondary N) is 2. The minimum atomic E-state index is -0.0853. The summed E-state index contributed by atoms with van der Waals surface area (Å²) in [5, 5.41) is 6.00. The molecule has 0 aromatic carbocycles. The molecule has 0 aromatic rings. The lowest BCUT2D eigenvalue weighted by Gasteiger charge is -2.20. The molecule has 0 aromatic heterocycles. The maximum atomic E-state index is 11.8. The molecule has 0 radical (unpaired) electrons. The third-order valence-electron chi connectivity index (χ3n) is 2.79. The molecule has 0 unspecified atom stereocenters. The molecule has 1 fully saturated rings. The molecule has 2 N–H and O–H groups in total. The van der Waals surface area contributed by atoms with Crippen LogP contribution in [0.5, 0.6) is 0 Å². The largest absolute Gasteiger partial charge is 0.355 e. The van der Waals surface area contributed by atoms with Crippen molar-refractivity contribution in [2.75, 3.05) is 26.2 Å². The van der Waals surface area contributed by atoms with Gasteiger partial charge in [-0.1, -0.05) is 0 Å². The number of nitrogens with zero attached hydrogens (tertiary/aromatic N) is 1. The fourth-order valence-corrected chi connectivity index (χ4v) is 1.63. The second-order valence-electron chi connectivity index (χ2n) is 4.34. The van der Waals surface area contributed by atoms with Gasteiger partial charge in [-0.3, -0.25) is 9.59 Å². The molecule has 0 spiro atoms. The molecule has 17 heavy (non-hydrogen) atoms. The predicted octanol–water partition coefficient (Wildman–Crippen LogP) is 0.113. The molecular formula is C12H23N3O2. The Morgan fingerprint density at radius 2 is 2.00 bits per heavy atom. The van der Waals surface area contributed by atoms with Crippen LogP contribution in [-0.4, -0.2) is 48.9 Å². The lowest BCUT2D eigenvalue weighted by Crippen LogP contribution is -2.41. The van der Waals surface area contributed by atoms with Crippen molar-refractivity contribution in [2.24, 2.45) is 0 Å². The molecule has 98 valence electrons. The first-order valence-corrected chi connectivity index (χ1v) is 6.45.